The first-order valence-electron chi connectivity index (χ1n) is 6.49. The summed E-state index contributed by atoms with van der Waals surface area (Å²) in [5, 5.41) is 11.4. The molecule has 0 amide bonds. The molecular weight excluding hydrogens is 296 g/mol. The maximum atomic E-state index is 5.60. The molecular formula is C12H21BrN4O. The number of ether oxygens (including phenoxy) is 1. The number of nitrogens with zero attached hydrogens (tertiary/aromatic N) is 3. The van der Waals surface area contributed by atoms with Crippen molar-refractivity contribution in [3.05, 3.63) is 10.3 Å². The van der Waals surface area contributed by atoms with E-state index in [0.29, 0.717) is 12.1 Å². The van der Waals surface area contributed by atoms with Crippen molar-refractivity contribution in [2.24, 2.45) is 13.0 Å². The molecule has 0 aromatic carbocycles. The fourth-order valence-corrected chi connectivity index (χ4v) is 3.25. The molecule has 1 fully saturated rings. The van der Waals surface area contributed by atoms with E-state index >= 15 is 0 Å². The summed E-state index contributed by atoms with van der Waals surface area (Å²) in [7, 11) is 3.92. The van der Waals surface area contributed by atoms with Gasteiger partial charge in [-0.05, 0) is 55.1 Å². The molecule has 0 saturated heterocycles. The lowest BCUT2D eigenvalue weighted by atomic mass is 9.78. The van der Waals surface area contributed by atoms with E-state index in [2.05, 4.69) is 38.5 Å². The predicted molar refractivity (Wildman–Crippen MR) is 73.3 cm³/mol. The smallest absolute Gasteiger partial charge is 0.153 e. The summed E-state index contributed by atoms with van der Waals surface area (Å²) in [5.41, 5.74) is 1.12. The summed E-state index contributed by atoms with van der Waals surface area (Å²) in [4.78, 5) is 0. The van der Waals surface area contributed by atoms with E-state index < -0.39 is 0 Å². The highest BCUT2D eigenvalue weighted by Crippen LogP contribution is 2.37. The number of hydrogen-bond donors (Lipinski definition) is 1. The highest BCUT2D eigenvalue weighted by molar-refractivity contribution is 9.10. The molecule has 0 bridgehead atoms. The van der Waals surface area contributed by atoms with Crippen LogP contribution in [-0.4, -0.2) is 34.8 Å². The molecule has 0 aliphatic heterocycles. The lowest BCUT2D eigenvalue weighted by Gasteiger charge is -2.37. The van der Waals surface area contributed by atoms with Crippen LogP contribution in [0.25, 0.3) is 0 Å². The summed E-state index contributed by atoms with van der Waals surface area (Å²) < 4.78 is 8.28. The third-order valence-corrected chi connectivity index (χ3v) is 4.23. The number of aromatic nitrogens is 3. The van der Waals surface area contributed by atoms with E-state index in [1.807, 2.05) is 18.8 Å². The van der Waals surface area contributed by atoms with Gasteiger partial charge in [0.15, 0.2) is 4.60 Å². The van der Waals surface area contributed by atoms with Gasteiger partial charge in [0.05, 0.1) is 17.8 Å². The third kappa shape index (κ3) is 2.92. The first-order valence-corrected chi connectivity index (χ1v) is 7.28. The van der Waals surface area contributed by atoms with Gasteiger partial charge in [-0.3, -0.25) is 0 Å². The fraction of sp³-hybridized carbons (Fsp3) is 0.833. The number of nitrogens with one attached hydrogen (secondary N) is 1. The van der Waals surface area contributed by atoms with Crippen molar-refractivity contribution in [2.45, 2.75) is 38.3 Å². The number of hydrogen-bond acceptors (Lipinski definition) is 4. The average molecular weight is 317 g/mol. The molecule has 18 heavy (non-hydrogen) atoms. The lowest BCUT2D eigenvalue weighted by Crippen LogP contribution is -2.34. The molecule has 6 heteroatoms. The van der Waals surface area contributed by atoms with Crippen molar-refractivity contribution in [1.29, 1.82) is 0 Å². The molecule has 1 aromatic rings. The molecule has 5 nitrogen and oxygen atoms in total. The van der Waals surface area contributed by atoms with Gasteiger partial charge in [-0.25, -0.2) is 4.68 Å². The highest BCUT2D eigenvalue weighted by Gasteiger charge is 2.32. The van der Waals surface area contributed by atoms with Gasteiger partial charge in [-0.2, -0.15) is 0 Å². The SMILES string of the molecule is CCOC1CC(CC(NC)c2c(Br)nnn2C)C1. The Bertz CT molecular complexity index is 370. The molecule has 0 spiro atoms. The maximum absolute atomic E-state index is 5.60. The van der Waals surface area contributed by atoms with E-state index in [-0.39, 0.29) is 0 Å². The van der Waals surface area contributed by atoms with E-state index in [0.717, 1.165) is 29.2 Å². The minimum Gasteiger partial charge on any atom is -0.378 e. The van der Waals surface area contributed by atoms with E-state index in [9.17, 15) is 0 Å². The molecule has 1 atom stereocenters. The molecule has 1 unspecified atom stereocenters. The van der Waals surface area contributed by atoms with Crippen molar-refractivity contribution >= 4 is 15.9 Å². The van der Waals surface area contributed by atoms with E-state index in [1.165, 1.54) is 12.8 Å². The number of rotatable bonds is 6. The van der Waals surface area contributed by atoms with Crippen LogP contribution in [0.5, 0.6) is 0 Å². The molecule has 1 heterocycles. The van der Waals surface area contributed by atoms with Crippen LogP contribution in [0.2, 0.25) is 0 Å². The van der Waals surface area contributed by atoms with E-state index in [4.69, 9.17) is 4.74 Å². The second-order valence-corrected chi connectivity index (χ2v) is 5.63. The Labute approximate surface area is 116 Å². The van der Waals surface area contributed by atoms with Gasteiger partial charge in [0.2, 0.25) is 0 Å². The van der Waals surface area contributed by atoms with Crippen LogP contribution in [0.3, 0.4) is 0 Å². The number of aryl methyl sites for hydroxylation is 1. The Balaban J connectivity index is 1.91. The number of halogens is 1. The van der Waals surface area contributed by atoms with Crippen LogP contribution in [0, 0.1) is 5.92 Å². The normalized spacial score (nSPS) is 24.9. The van der Waals surface area contributed by atoms with Crippen LogP contribution < -0.4 is 5.32 Å². The predicted octanol–water partition coefficient (Wildman–Crippen LogP) is 2.04. The Morgan fingerprint density at radius 1 is 1.56 bits per heavy atom. The Kier molecular flexibility index (Phi) is 4.75. The molecule has 1 saturated carbocycles. The topological polar surface area (TPSA) is 52.0 Å². The van der Waals surface area contributed by atoms with Gasteiger partial charge >= 0.3 is 0 Å². The standard InChI is InChI=1S/C12H21BrN4O/c1-4-18-9-5-8(6-9)7-10(14-2)11-12(13)15-16-17(11)3/h8-10,14H,4-7H2,1-3H3. The second-order valence-electron chi connectivity index (χ2n) is 4.88. The third-order valence-electron chi connectivity index (χ3n) is 3.67. The van der Waals surface area contributed by atoms with Crippen molar-refractivity contribution in [3.63, 3.8) is 0 Å². The first kappa shape index (κ1) is 14.0. The summed E-state index contributed by atoms with van der Waals surface area (Å²) in [6.07, 6.45) is 3.94. The van der Waals surface area contributed by atoms with Crippen LogP contribution >= 0.6 is 15.9 Å². The van der Waals surface area contributed by atoms with Crippen molar-refractivity contribution in [2.75, 3.05) is 13.7 Å². The van der Waals surface area contributed by atoms with Gasteiger partial charge < -0.3 is 10.1 Å². The van der Waals surface area contributed by atoms with Gasteiger partial charge in [-0.1, -0.05) is 5.21 Å². The van der Waals surface area contributed by atoms with Crippen molar-refractivity contribution < 1.29 is 4.74 Å². The molecule has 1 aromatic heterocycles. The summed E-state index contributed by atoms with van der Waals surface area (Å²) in [5.74, 6) is 0.737. The average Bonchev–Trinajstić information content (AvgIpc) is 2.63. The molecule has 102 valence electrons. The van der Waals surface area contributed by atoms with Crippen molar-refractivity contribution in [3.8, 4) is 0 Å². The zero-order valence-corrected chi connectivity index (χ0v) is 12.8. The summed E-state index contributed by atoms with van der Waals surface area (Å²) in [6.45, 7) is 2.88. The van der Waals surface area contributed by atoms with Gasteiger partial charge in [0, 0.05) is 13.7 Å². The van der Waals surface area contributed by atoms with Gasteiger partial charge in [-0.15, -0.1) is 5.10 Å². The van der Waals surface area contributed by atoms with E-state index in [1.54, 1.807) is 0 Å². The van der Waals surface area contributed by atoms with Crippen molar-refractivity contribution in [1.82, 2.24) is 20.3 Å². The monoisotopic (exact) mass is 316 g/mol. The quantitative estimate of drug-likeness (QED) is 0.872. The Hall–Kier alpha value is -0.460. The Morgan fingerprint density at radius 2 is 2.28 bits per heavy atom. The first-order chi connectivity index (χ1) is 8.65. The van der Waals surface area contributed by atoms with Gasteiger partial charge in [0.1, 0.15) is 0 Å². The molecule has 1 aliphatic rings. The fourth-order valence-electron chi connectivity index (χ4n) is 2.65. The Morgan fingerprint density at radius 3 is 2.78 bits per heavy atom. The van der Waals surface area contributed by atoms with Gasteiger partial charge in [0.25, 0.3) is 0 Å². The largest absolute Gasteiger partial charge is 0.378 e. The second kappa shape index (κ2) is 6.12. The van der Waals surface area contributed by atoms with Crippen LogP contribution in [0.1, 0.15) is 37.9 Å². The van der Waals surface area contributed by atoms with Crippen LogP contribution in [-0.2, 0) is 11.8 Å². The van der Waals surface area contributed by atoms with Crippen LogP contribution in [0.15, 0.2) is 4.60 Å². The minimum atomic E-state index is 0.298. The summed E-state index contributed by atoms with van der Waals surface area (Å²) >= 11 is 3.47. The minimum absolute atomic E-state index is 0.298. The maximum Gasteiger partial charge on any atom is 0.153 e. The highest BCUT2D eigenvalue weighted by atomic mass is 79.9. The molecule has 1 N–H and O–H groups in total. The zero-order chi connectivity index (χ0) is 13.1. The molecule has 1 aliphatic carbocycles. The zero-order valence-electron chi connectivity index (χ0n) is 11.2. The lowest BCUT2D eigenvalue weighted by molar-refractivity contribution is -0.0291. The molecule has 0 radical (unpaired) electrons. The van der Waals surface area contributed by atoms with Crippen LogP contribution in [0.4, 0.5) is 0 Å². The summed E-state index contributed by atoms with van der Waals surface area (Å²) in [6, 6.07) is 0.298. The molecule has 2 rings (SSSR count).